The van der Waals surface area contributed by atoms with Crippen LogP contribution in [0.3, 0.4) is 0 Å². The summed E-state index contributed by atoms with van der Waals surface area (Å²) in [5, 5.41) is 2.28. The van der Waals surface area contributed by atoms with Crippen molar-refractivity contribution in [3.05, 3.63) is 41.5 Å². The van der Waals surface area contributed by atoms with Crippen LogP contribution in [-0.4, -0.2) is 54.8 Å². The number of rotatable bonds is 3. The molecule has 3 fully saturated rings. The van der Waals surface area contributed by atoms with E-state index in [1.807, 2.05) is 11.0 Å². The standard InChI is InChI=1S/C25H30N2O3/c28-24-22-13-18(14-26-11-9-25(15-26)10-12-29-16-25)20-7-3-4-8-21(20)23(22)30-17-27(24)19-5-1-2-6-19/h3-4,7-8,13,19H,1-2,5-6,9-12,14-17H2. The van der Waals surface area contributed by atoms with Crippen molar-refractivity contribution in [2.24, 2.45) is 5.41 Å². The van der Waals surface area contributed by atoms with Gasteiger partial charge in [-0.3, -0.25) is 9.69 Å². The van der Waals surface area contributed by atoms with E-state index in [0.29, 0.717) is 18.2 Å². The van der Waals surface area contributed by atoms with Crippen molar-refractivity contribution in [1.29, 1.82) is 0 Å². The van der Waals surface area contributed by atoms with Gasteiger partial charge in [-0.1, -0.05) is 37.1 Å². The molecule has 3 aliphatic heterocycles. The first kappa shape index (κ1) is 18.6. The molecule has 1 saturated carbocycles. The number of nitrogens with zero attached hydrogens (tertiary/aromatic N) is 2. The van der Waals surface area contributed by atoms with Crippen LogP contribution >= 0.6 is 0 Å². The fourth-order valence-corrected chi connectivity index (χ4v) is 6.08. The van der Waals surface area contributed by atoms with Crippen molar-refractivity contribution in [2.75, 3.05) is 33.0 Å². The molecule has 5 heteroatoms. The Hall–Kier alpha value is -2.11. The lowest BCUT2D eigenvalue weighted by Crippen LogP contribution is -2.44. The van der Waals surface area contributed by atoms with Gasteiger partial charge in [0.05, 0.1) is 12.2 Å². The van der Waals surface area contributed by atoms with Crippen molar-refractivity contribution < 1.29 is 14.3 Å². The quantitative estimate of drug-likeness (QED) is 0.767. The number of amides is 1. The van der Waals surface area contributed by atoms with Crippen LogP contribution in [-0.2, 0) is 11.3 Å². The molecule has 1 atom stereocenters. The molecule has 4 aliphatic rings. The molecule has 1 spiro atoms. The highest BCUT2D eigenvalue weighted by Crippen LogP contribution is 2.41. The Morgan fingerprint density at radius 3 is 2.73 bits per heavy atom. The molecule has 3 heterocycles. The lowest BCUT2D eigenvalue weighted by atomic mass is 9.87. The molecular weight excluding hydrogens is 376 g/mol. The van der Waals surface area contributed by atoms with Crippen molar-refractivity contribution in [3.63, 3.8) is 0 Å². The van der Waals surface area contributed by atoms with E-state index in [0.717, 1.165) is 62.4 Å². The largest absolute Gasteiger partial charge is 0.472 e. The maximum absolute atomic E-state index is 13.5. The summed E-state index contributed by atoms with van der Waals surface area (Å²) in [4.78, 5) is 18.0. The van der Waals surface area contributed by atoms with Gasteiger partial charge in [-0.2, -0.15) is 0 Å². The van der Waals surface area contributed by atoms with E-state index in [2.05, 4.69) is 29.2 Å². The molecule has 5 nitrogen and oxygen atoms in total. The van der Waals surface area contributed by atoms with Crippen LogP contribution in [0.2, 0.25) is 0 Å². The van der Waals surface area contributed by atoms with E-state index in [4.69, 9.17) is 9.47 Å². The number of hydrogen-bond acceptors (Lipinski definition) is 4. The molecule has 0 bridgehead atoms. The van der Waals surface area contributed by atoms with Gasteiger partial charge < -0.3 is 14.4 Å². The van der Waals surface area contributed by atoms with Crippen LogP contribution in [0.25, 0.3) is 10.8 Å². The summed E-state index contributed by atoms with van der Waals surface area (Å²) in [6, 6.07) is 10.9. The van der Waals surface area contributed by atoms with Crippen LogP contribution in [0.1, 0.15) is 54.4 Å². The van der Waals surface area contributed by atoms with E-state index in [1.165, 1.54) is 36.6 Å². The number of hydrogen-bond donors (Lipinski definition) is 0. The third-order valence-corrected chi connectivity index (χ3v) is 7.78. The van der Waals surface area contributed by atoms with Crippen LogP contribution < -0.4 is 4.74 Å². The highest BCUT2D eigenvalue weighted by Gasteiger charge is 2.41. The fraction of sp³-hybridized carbons (Fsp3) is 0.560. The summed E-state index contributed by atoms with van der Waals surface area (Å²) < 4.78 is 11.9. The second-order valence-electron chi connectivity index (χ2n) is 9.71. The van der Waals surface area contributed by atoms with Crippen molar-refractivity contribution in [1.82, 2.24) is 9.80 Å². The van der Waals surface area contributed by atoms with Crippen molar-refractivity contribution in [3.8, 4) is 5.75 Å². The highest BCUT2D eigenvalue weighted by molar-refractivity contribution is 6.05. The zero-order valence-electron chi connectivity index (χ0n) is 17.6. The van der Waals surface area contributed by atoms with Crippen LogP contribution in [0.4, 0.5) is 0 Å². The van der Waals surface area contributed by atoms with E-state index in [-0.39, 0.29) is 5.91 Å². The summed E-state index contributed by atoms with van der Waals surface area (Å²) in [6.07, 6.45) is 7.02. The summed E-state index contributed by atoms with van der Waals surface area (Å²) >= 11 is 0. The number of fused-ring (bicyclic) bond motifs is 3. The normalized spacial score (nSPS) is 27.3. The van der Waals surface area contributed by atoms with Crippen molar-refractivity contribution >= 4 is 16.7 Å². The Morgan fingerprint density at radius 2 is 1.93 bits per heavy atom. The topological polar surface area (TPSA) is 42.0 Å². The Balaban J connectivity index is 1.35. The lowest BCUT2D eigenvalue weighted by Gasteiger charge is -2.34. The molecule has 2 aromatic carbocycles. The van der Waals surface area contributed by atoms with Gasteiger partial charge in [0.15, 0.2) is 6.73 Å². The Morgan fingerprint density at radius 1 is 1.10 bits per heavy atom. The highest BCUT2D eigenvalue weighted by atomic mass is 16.5. The molecule has 6 rings (SSSR count). The van der Waals surface area contributed by atoms with E-state index in [1.54, 1.807) is 0 Å². The number of ether oxygens (including phenoxy) is 2. The smallest absolute Gasteiger partial charge is 0.260 e. The zero-order chi connectivity index (χ0) is 20.1. The maximum Gasteiger partial charge on any atom is 0.260 e. The third-order valence-electron chi connectivity index (χ3n) is 7.78. The van der Waals surface area contributed by atoms with Gasteiger partial charge >= 0.3 is 0 Å². The first-order valence-electron chi connectivity index (χ1n) is 11.5. The summed E-state index contributed by atoms with van der Waals surface area (Å²) in [7, 11) is 0. The second-order valence-corrected chi connectivity index (χ2v) is 9.71. The molecule has 30 heavy (non-hydrogen) atoms. The third kappa shape index (κ3) is 3.02. The summed E-state index contributed by atoms with van der Waals surface area (Å²) in [5.41, 5.74) is 2.34. The minimum atomic E-state index is 0.150. The van der Waals surface area contributed by atoms with Gasteiger partial charge in [0.25, 0.3) is 5.91 Å². The summed E-state index contributed by atoms with van der Waals surface area (Å²) in [6.45, 7) is 5.26. The van der Waals surface area contributed by atoms with Crippen LogP contribution in [0.15, 0.2) is 30.3 Å². The zero-order valence-corrected chi connectivity index (χ0v) is 17.6. The second kappa shape index (κ2) is 7.24. The number of benzene rings is 2. The van der Waals surface area contributed by atoms with Crippen LogP contribution in [0, 0.1) is 5.41 Å². The number of carbonyl (C=O) groups is 1. The Bertz CT molecular complexity index is 976. The summed E-state index contributed by atoms with van der Waals surface area (Å²) in [5.74, 6) is 0.924. The Kier molecular flexibility index (Phi) is 4.50. The number of likely N-dealkylation sites (tertiary alicyclic amines) is 1. The minimum absolute atomic E-state index is 0.150. The van der Waals surface area contributed by atoms with Crippen LogP contribution in [0.5, 0.6) is 5.75 Å². The van der Waals surface area contributed by atoms with E-state index >= 15 is 0 Å². The van der Waals surface area contributed by atoms with Gasteiger partial charge in [0.1, 0.15) is 5.75 Å². The molecular formula is C25H30N2O3. The average Bonchev–Trinajstić information content (AvgIpc) is 3.53. The number of carbonyl (C=O) groups excluding carboxylic acids is 1. The first-order valence-corrected chi connectivity index (χ1v) is 11.5. The molecule has 0 N–H and O–H groups in total. The van der Waals surface area contributed by atoms with Gasteiger partial charge in [0, 0.05) is 36.5 Å². The SMILES string of the molecule is O=C1c2cc(CN3CCC4(CCOC4)C3)c3ccccc3c2OCN1C1CCCC1. The molecule has 1 aliphatic carbocycles. The van der Waals surface area contributed by atoms with E-state index < -0.39 is 0 Å². The predicted molar refractivity (Wildman–Crippen MR) is 116 cm³/mol. The molecule has 2 aromatic rings. The Labute approximate surface area is 177 Å². The fourth-order valence-electron chi connectivity index (χ4n) is 6.08. The van der Waals surface area contributed by atoms with Crippen molar-refractivity contribution in [2.45, 2.75) is 51.1 Å². The van der Waals surface area contributed by atoms with Gasteiger partial charge in [-0.05, 0) is 49.2 Å². The van der Waals surface area contributed by atoms with E-state index in [9.17, 15) is 4.79 Å². The molecule has 2 saturated heterocycles. The molecule has 0 radical (unpaired) electrons. The first-order chi connectivity index (χ1) is 14.7. The van der Waals surface area contributed by atoms with Gasteiger partial charge in [0.2, 0.25) is 0 Å². The minimum Gasteiger partial charge on any atom is -0.472 e. The maximum atomic E-state index is 13.5. The molecule has 0 aromatic heterocycles. The molecule has 158 valence electrons. The molecule has 1 unspecified atom stereocenters. The monoisotopic (exact) mass is 406 g/mol. The predicted octanol–water partition coefficient (Wildman–Crippen LogP) is 4.19. The van der Waals surface area contributed by atoms with Gasteiger partial charge in [-0.15, -0.1) is 0 Å². The molecule has 1 amide bonds. The average molecular weight is 407 g/mol. The van der Waals surface area contributed by atoms with Gasteiger partial charge in [-0.25, -0.2) is 0 Å². The lowest BCUT2D eigenvalue weighted by molar-refractivity contribution is 0.0396.